The highest BCUT2D eigenvalue weighted by atomic mass is 35.5. The molecule has 0 aliphatic rings. The minimum absolute atomic E-state index is 0.216. The van der Waals surface area contributed by atoms with Crippen LogP contribution in [-0.2, 0) is 6.42 Å². The zero-order chi connectivity index (χ0) is 18.2. The monoisotopic (exact) mass is 382 g/mol. The van der Waals surface area contributed by atoms with Gasteiger partial charge >= 0.3 is 0 Å². The normalized spacial score (nSPS) is 13.5. The Bertz CT molecular complexity index is 665. The molecule has 0 fully saturated rings. The number of halogens is 2. The second kappa shape index (κ2) is 10.00. The lowest BCUT2D eigenvalue weighted by Gasteiger charge is -2.18. The maximum Gasteiger partial charge on any atom is 0.119 e. The Labute approximate surface area is 158 Å². The molecule has 0 heterocycles. The fourth-order valence-electron chi connectivity index (χ4n) is 2.47. The molecule has 0 spiro atoms. The van der Waals surface area contributed by atoms with Gasteiger partial charge in [0.05, 0.1) is 16.1 Å². The summed E-state index contributed by atoms with van der Waals surface area (Å²) in [5, 5.41) is 14.5. The Morgan fingerprint density at radius 3 is 2.48 bits per heavy atom. The Morgan fingerprint density at radius 2 is 1.84 bits per heavy atom. The minimum atomic E-state index is -0.635. The molecular weight excluding hydrogens is 359 g/mol. The van der Waals surface area contributed by atoms with Gasteiger partial charge in [0.1, 0.15) is 12.4 Å². The number of ether oxygens (including phenoxy) is 1. The highest BCUT2D eigenvalue weighted by Gasteiger charge is 2.11. The summed E-state index contributed by atoms with van der Waals surface area (Å²) in [5.41, 5.74) is 7.36. The predicted molar refractivity (Wildman–Crippen MR) is 104 cm³/mol. The van der Waals surface area contributed by atoms with E-state index in [9.17, 15) is 5.11 Å². The molecule has 4 nitrogen and oxygen atoms in total. The number of hydrogen-bond acceptors (Lipinski definition) is 4. The first-order chi connectivity index (χ1) is 12.0. The van der Waals surface area contributed by atoms with Crippen molar-refractivity contribution in [2.24, 2.45) is 5.73 Å². The molecule has 2 rings (SSSR count). The number of nitrogens with one attached hydrogen (secondary N) is 1. The quantitative estimate of drug-likeness (QED) is 0.619. The molecule has 4 N–H and O–H groups in total. The van der Waals surface area contributed by atoms with Crippen LogP contribution in [0.15, 0.2) is 42.5 Å². The molecule has 0 saturated heterocycles. The van der Waals surface area contributed by atoms with E-state index < -0.39 is 6.10 Å². The zero-order valence-electron chi connectivity index (χ0n) is 14.2. The van der Waals surface area contributed by atoms with E-state index in [-0.39, 0.29) is 6.04 Å². The van der Waals surface area contributed by atoms with E-state index >= 15 is 0 Å². The molecule has 25 heavy (non-hydrogen) atoms. The largest absolute Gasteiger partial charge is 0.492 e. The lowest BCUT2D eigenvalue weighted by Crippen LogP contribution is -2.32. The molecule has 2 aromatic rings. The van der Waals surface area contributed by atoms with Crippen LogP contribution in [-0.4, -0.2) is 30.8 Å². The Balaban J connectivity index is 1.81. The van der Waals surface area contributed by atoms with Gasteiger partial charge in [-0.05, 0) is 48.7 Å². The number of hydrogen-bond donors (Lipinski definition) is 3. The summed E-state index contributed by atoms with van der Waals surface area (Å²) in [7, 11) is 0. The number of aliphatic hydroxyl groups excluding tert-OH is 1. The second-order valence-electron chi connectivity index (χ2n) is 5.98. The predicted octanol–water partition coefficient (Wildman–Crippen LogP) is 3.59. The maximum atomic E-state index is 10.3. The van der Waals surface area contributed by atoms with Gasteiger partial charge in [-0.2, -0.15) is 0 Å². The Hall–Kier alpha value is -1.30. The molecule has 6 heteroatoms. The molecule has 136 valence electrons. The van der Waals surface area contributed by atoms with Crippen molar-refractivity contribution in [2.75, 3.05) is 19.7 Å². The lowest BCUT2D eigenvalue weighted by molar-refractivity contribution is 0.170. The SMILES string of the molecule is CC(Cc1ccc(OCCN)cc1)NCC(O)c1ccc(Cl)c(Cl)c1. The number of nitrogens with two attached hydrogens (primary N) is 1. The third-order valence-electron chi connectivity index (χ3n) is 3.84. The smallest absolute Gasteiger partial charge is 0.119 e. The van der Waals surface area contributed by atoms with E-state index in [0.29, 0.717) is 29.7 Å². The fourth-order valence-corrected chi connectivity index (χ4v) is 2.78. The summed E-state index contributed by atoms with van der Waals surface area (Å²) in [6, 6.07) is 13.4. The van der Waals surface area contributed by atoms with E-state index in [1.54, 1.807) is 18.2 Å². The first-order valence-corrected chi connectivity index (χ1v) is 9.03. The van der Waals surface area contributed by atoms with Crippen LogP contribution in [0.25, 0.3) is 0 Å². The van der Waals surface area contributed by atoms with Crippen LogP contribution in [0.4, 0.5) is 0 Å². The highest BCUT2D eigenvalue weighted by molar-refractivity contribution is 6.42. The van der Waals surface area contributed by atoms with Crippen LogP contribution < -0.4 is 15.8 Å². The average molecular weight is 383 g/mol. The van der Waals surface area contributed by atoms with E-state index in [1.807, 2.05) is 24.3 Å². The molecule has 0 radical (unpaired) electrons. The van der Waals surface area contributed by atoms with Gasteiger partial charge in [0.2, 0.25) is 0 Å². The van der Waals surface area contributed by atoms with Crippen molar-refractivity contribution in [1.82, 2.24) is 5.32 Å². The third-order valence-corrected chi connectivity index (χ3v) is 4.58. The standard InChI is InChI=1S/C19H24Cl2N2O2/c1-13(10-14-2-5-16(6-3-14)25-9-8-22)23-12-19(24)15-4-7-17(20)18(21)11-15/h2-7,11,13,19,23-24H,8-10,12,22H2,1H3. The van der Waals surface area contributed by atoms with Gasteiger partial charge in [0.25, 0.3) is 0 Å². The molecule has 0 aliphatic carbocycles. The van der Waals surface area contributed by atoms with Crippen molar-refractivity contribution in [3.63, 3.8) is 0 Å². The molecular formula is C19H24Cl2N2O2. The van der Waals surface area contributed by atoms with E-state index in [4.69, 9.17) is 33.7 Å². The van der Waals surface area contributed by atoms with Crippen LogP contribution >= 0.6 is 23.2 Å². The van der Waals surface area contributed by atoms with Crippen LogP contribution in [0.5, 0.6) is 5.75 Å². The molecule has 0 aromatic heterocycles. The van der Waals surface area contributed by atoms with Crippen molar-refractivity contribution in [3.05, 3.63) is 63.6 Å². The first kappa shape index (κ1) is 20.0. The number of rotatable bonds is 9. The molecule has 0 bridgehead atoms. The van der Waals surface area contributed by atoms with Crippen LogP contribution in [0.2, 0.25) is 10.0 Å². The highest BCUT2D eigenvalue weighted by Crippen LogP contribution is 2.25. The van der Waals surface area contributed by atoms with Gasteiger partial charge in [-0.3, -0.25) is 0 Å². The number of benzene rings is 2. The first-order valence-electron chi connectivity index (χ1n) is 8.27. The average Bonchev–Trinajstić information content (AvgIpc) is 2.61. The molecule has 0 aliphatic heterocycles. The van der Waals surface area contributed by atoms with Crippen LogP contribution in [0, 0.1) is 0 Å². The van der Waals surface area contributed by atoms with Gasteiger partial charge in [-0.25, -0.2) is 0 Å². The summed E-state index contributed by atoms with van der Waals surface area (Å²) < 4.78 is 5.47. The summed E-state index contributed by atoms with van der Waals surface area (Å²) in [6.45, 7) is 3.55. The maximum absolute atomic E-state index is 10.3. The van der Waals surface area contributed by atoms with E-state index in [0.717, 1.165) is 17.7 Å². The van der Waals surface area contributed by atoms with Gasteiger partial charge in [-0.15, -0.1) is 0 Å². The van der Waals surface area contributed by atoms with E-state index in [2.05, 4.69) is 12.2 Å². The van der Waals surface area contributed by atoms with Gasteiger partial charge in [0.15, 0.2) is 0 Å². The van der Waals surface area contributed by atoms with Crippen molar-refractivity contribution >= 4 is 23.2 Å². The van der Waals surface area contributed by atoms with Crippen LogP contribution in [0.3, 0.4) is 0 Å². The Morgan fingerprint density at radius 1 is 1.12 bits per heavy atom. The van der Waals surface area contributed by atoms with Gasteiger partial charge in [0, 0.05) is 19.1 Å². The summed E-state index contributed by atoms with van der Waals surface area (Å²) in [4.78, 5) is 0. The molecule has 2 aromatic carbocycles. The summed E-state index contributed by atoms with van der Waals surface area (Å²) in [5.74, 6) is 0.824. The lowest BCUT2D eigenvalue weighted by atomic mass is 10.1. The molecule has 0 saturated carbocycles. The van der Waals surface area contributed by atoms with Crippen molar-refractivity contribution in [2.45, 2.75) is 25.5 Å². The summed E-state index contributed by atoms with van der Waals surface area (Å²) in [6.07, 6.45) is 0.217. The molecule has 2 unspecified atom stereocenters. The van der Waals surface area contributed by atoms with E-state index in [1.165, 1.54) is 5.56 Å². The van der Waals surface area contributed by atoms with Gasteiger partial charge in [-0.1, -0.05) is 41.4 Å². The van der Waals surface area contributed by atoms with Crippen molar-refractivity contribution in [3.8, 4) is 5.75 Å². The molecule has 2 atom stereocenters. The second-order valence-corrected chi connectivity index (χ2v) is 6.80. The van der Waals surface area contributed by atoms with Gasteiger partial charge < -0.3 is 20.9 Å². The Kier molecular flexibility index (Phi) is 8.00. The molecule has 0 amide bonds. The minimum Gasteiger partial charge on any atom is -0.492 e. The van der Waals surface area contributed by atoms with Crippen LogP contribution in [0.1, 0.15) is 24.2 Å². The number of aliphatic hydroxyl groups is 1. The fraction of sp³-hybridized carbons (Fsp3) is 0.368. The van der Waals surface area contributed by atoms with Crippen molar-refractivity contribution in [1.29, 1.82) is 0 Å². The summed E-state index contributed by atoms with van der Waals surface area (Å²) >= 11 is 11.9. The topological polar surface area (TPSA) is 67.5 Å². The third kappa shape index (κ3) is 6.49. The zero-order valence-corrected chi connectivity index (χ0v) is 15.7. The van der Waals surface area contributed by atoms with Crippen molar-refractivity contribution < 1.29 is 9.84 Å².